The predicted molar refractivity (Wildman–Crippen MR) is 87.7 cm³/mol. The summed E-state index contributed by atoms with van der Waals surface area (Å²) in [5, 5.41) is 2.73. The Morgan fingerprint density at radius 2 is 1.77 bits per heavy atom. The number of sulfonamides is 1. The maximum absolute atomic E-state index is 12.1. The van der Waals surface area contributed by atoms with Gasteiger partial charge in [0.05, 0.1) is 18.6 Å². The Labute approximate surface area is 132 Å². The summed E-state index contributed by atoms with van der Waals surface area (Å²) >= 11 is 0. The summed E-state index contributed by atoms with van der Waals surface area (Å²) in [4.78, 5) is 12.1. The first-order valence-corrected chi connectivity index (χ1v) is 9.04. The van der Waals surface area contributed by atoms with Crippen molar-refractivity contribution < 1.29 is 17.9 Å². The minimum Gasteiger partial charge on any atom is -0.494 e. The molecule has 0 aromatic heterocycles. The summed E-state index contributed by atoms with van der Waals surface area (Å²) in [6.07, 6.45) is 1.09. The standard InChI is InChI=1S/C15H24N2O4S/c1-6-21-14-9-7-13(8-10-14)17(22(5,19)20)12(4)15(18)16-11(2)3/h7-12H,6H2,1-5H3,(H,16,18)/t12-/m1/s1. The fourth-order valence-corrected chi connectivity index (χ4v) is 3.24. The smallest absolute Gasteiger partial charge is 0.243 e. The number of hydrogen-bond donors (Lipinski definition) is 1. The van der Waals surface area contributed by atoms with Gasteiger partial charge in [-0.1, -0.05) is 0 Å². The first-order valence-electron chi connectivity index (χ1n) is 7.19. The zero-order chi connectivity index (χ0) is 16.9. The Morgan fingerprint density at radius 3 is 2.18 bits per heavy atom. The molecule has 1 rings (SSSR count). The lowest BCUT2D eigenvalue weighted by atomic mass is 10.2. The van der Waals surface area contributed by atoms with Crippen molar-refractivity contribution >= 4 is 21.6 Å². The summed E-state index contributed by atoms with van der Waals surface area (Å²) in [5.74, 6) is 0.313. The van der Waals surface area contributed by atoms with E-state index in [4.69, 9.17) is 4.74 Å². The van der Waals surface area contributed by atoms with E-state index >= 15 is 0 Å². The van der Waals surface area contributed by atoms with Crippen LogP contribution in [0, 0.1) is 0 Å². The van der Waals surface area contributed by atoms with Crippen molar-refractivity contribution in [2.24, 2.45) is 0 Å². The second-order valence-electron chi connectivity index (χ2n) is 5.32. The maximum atomic E-state index is 12.1. The fraction of sp³-hybridized carbons (Fsp3) is 0.533. The van der Waals surface area contributed by atoms with Crippen LogP contribution in [-0.2, 0) is 14.8 Å². The first-order chi connectivity index (χ1) is 10.2. The van der Waals surface area contributed by atoms with Crippen molar-refractivity contribution in [3.8, 4) is 5.75 Å². The van der Waals surface area contributed by atoms with Gasteiger partial charge in [-0.05, 0) is 52.0 Å². The number of nitrogens with one attached hydrogen (secondary N) is 1. The number of rotatable bonds is 7. The van der Waals surface area contributed by atoms with Crippen LogP contribution in [0.2, 0.25) is 0 Å². The SMILES string of the molecule is CCOc1ccc(N([C@H](C)C(=O)NC(C)C)S(C)(=O)=O)cc1. The van der Waals surface area contributed by atoms with Crippen molar-refractivity contribution in [1.29, 1.82) is 0 Å². The third-order valence-electron chi connectivity index (χ3n) is 2.92. The van der Waals surface area contributed by atoms with E-state index in [1.54, 1.807) is 31.2 Å². The maximum Gasteiger partial charge on any atom is 0.243 e. The lowest BCUT2D eigenvalue weighted by molar-refractivity contribution is -0.122. The number of hydrogen-bond acceptors (Lipinski definition) is 4. The van der Waals surface area contributed by atoms with Gasteiger partial charge in [-0.25, -0.2) is 8.42 Å². The van der Waals surface area contributed by atoms with E-state index in [9.17, 15) is 13.2 Å². The lowest BCUT2D eigenvalue weighted by Gasteiger charge is -2.28. The molecule has 0 saturated heterocycles. The van der Waals surface area contributed by atoms with Crippen LogP contribution in [-0.4, -0.2) is 39.3 Å². The highest BCUT2D eigenvalue weighted by Gasteiger charge is 2.29. The third kappa shape index (κ3) is 4.91. The van der Waals surface area contributed by atoms with Gasteiger partial charge in [0, 0.05) is 6.04 Å². The van der Waals surface area contributed by atoms with Gasteiger partial charge in [-0.2, -0.15) is 0 Å². The van der Waals surface area contributed by atoms with Crippen molar-refractivity contribution in [2.75, 3.05) is 17.2 Å². The highest BCUT2D eigenvalue weighted by Crippen LogP contribution is 2.24. The van der Waals surface area contributed by atoms with Crippen LogP contribution in [0.4, 0.5) is 5.69 Å². The normalized spacial score (nSPS) is 12.8. The predicted octanol–water partition coefficient (Wildman–Crippen LogP) is 1.76. The summed E-state index contributed by atoms with van der Waals surface area (Å²) in [6, 6.07) is 5.73. The monoisotopic (exact) mass is 328 g/mol. The summed E-state index contributed by atoms with van der Waals surface area (Å²) in [7, 11) is -3.59. The number of benzene rings is 1. The molecule has 0 fully saturated rings. The van der Waals surface area contributed by atoms with Crippen molar-refractivity contribution in [3.63, 3.8) is 0 Å². The molecule has 1 aromatic carbocycles. The van der Waals surface area contributed by atoms with Gasteiger partial charge in [0.15, 0.2) is 0 Å². The van der Waals surface area contributed by atoms with E-state index in [0.29, 0.717) is 18.0 Å². The molecule has 0 aliphatic rings. The molecule has 0 spiro atoms. The highest BCUT2D eigenvalue weighted by molar-refractivity contribution is 7.92. The van der Waals surface area contributed by atoms with Gasteiger partial charge in [-0.3, -0.25) is 9.10 Å². The summed E-state index contributed by atoms with van der Waals surface area (Å²) in [6.45, 7) is 7.62. The molecule has 1 atom stereocenters. The minimum absolute atomic E-state index is 0.0586. The number of carbonyl (C=O) groups is 1. The molecule has 6 nitrogen and oxygen atoms in total. The molecule has 0 saturated carbocycles. The van der Waals surface area contributed by atoms with E-state index in [0.717, 1.165) is 10.6 Å². The van der Waals surface area contributed by atoms with Crippen LogP contribution in [0.15, 0.2) is 24.3 Å². The molecule has 0 aliphatic heterocycles. The lowest BCUT2D eigenvalue weighted by Crippen LogP contribution is -2.49. The minimum atomic E-state index is -3.59. The summed E-state index contributed by atoms with van der Waals surface area (Å²) < 4.78 is 30.6. The Bertz CT molecular complexity index is 596. The van der Waals surface area contributed by atoms with Crippen molar-refractivity contribution in [2.45, 2.75) is 39.8 Å². The Morgan fingerprint density at radius 1 is 1.23 bits per heavy atom. The van der Waals surface area contributed by atoms with E-state index in [2.05, 4.69) is 5.32 Å². The molecule has 22 heavy (non-hydrogen) atoms. The molecule has 7 heteroatoms. The number of ether oxygens (including phenoxy) is 1. The average Bonchev–Trinajstić information content (AvgIpc) is 2.39. The van der Waals surface area contributed by atoms with E-state index < -0.39 is 16.1 Å². The zero-order valence-corrected chi connectivity index (χ0v) is 14.5. The van der Waals surface area contributed by atoms with Crippen LogP contribution < -0.4 is 14.4 Å². The molecular formula is C15H24N2O4S. The number of nitrogens with zero attached hydrogens (tertiary/aromatic N) is 1. The Hall–Kier alpha value is -1.76. The van der Waals surface area contributed by atoms with E-state index in [1.165, 1.54) is 0 Å². The van der Waals surface area contributed by atoms with Gasteiger partial charge >= 0.3 is 0 Å². The highest BCUT2D eigenvalue weighted by atomic mass is 32.2. The molecule has 0 radical (unpaired) electrons. The molecule has 0 aliphatic carbocycles. The van der Waals surface area contributed by atoms with Crippen LogP contribution in [0.5, 0.6) is 5.75 Å². The zero-order valence-electron chi connectivity index (χ0n) is 13.7. The largest absolute Gasteiger partial charge is 0.494 e. The molecular weight excluding hydrogens is 304 g/mol. The van der Waals surface area contributed by atoms with Crippen molar-refractivity contribution in [3.05, 3.63) is 24.3 Å². The van der Waals surface area contributed by atoms with Gasteiger partial charge in [0.1, 0.15) is 11.8 Å². The molecule has 1 aromatic rings. The Kier molecular flexibility index (Phi) is 6.22. The quantitative estimate of drug-likeness (QED) is 0.827. The van der Waals surface area contributed by atoms with Gasteiger partial charge < -0.3 is 10.1 Å². The van der Waals surface area contributed by atoms with Crippen LogP contribution in [0.3, 0.4) is 0 Å². The van der Waals surface area contributed by atoms with E-state index in [-0.39, 0.29) is 11.9 Å². The second kappa shape index (κ2) is 7.49. The van der Waals surface area contributed by atoms with Crippen LogP contribution in [0.1, 0.15) is 27.7 Å². The second-order valence-corrected chi connectivity index (χ2v) is 7.18. The number of carbonyl (C=O) groups excluding carboxylic acids is 1. The molecule has 0 bridgehead atoms. The molecule has 1 amide bonds. The Balaban J connectivity index is 3.11. The number of amides is 1. The topological polar surface area (TPSA) is 75.7 Å². The van der Waals surface area contributed by atoms with Gasteiger partial charge in [0.25, 0.3) is 0 Å². The third-order valence-corrected chi connectivity index (χ3v) is 4.16. The van der Waals surface area contributed by atoms with E-state index in [1.807, 2.05) is 20.8 Å². The van der Waals surface area contributed by atoms with Gasteiger partial charge in [-0.15, -0.1) is 0 Å². The van der Waals surface area contributed by atoms with Crippen molar-refractivity contribution in [1.82, 2.24) is 5.32 Å². The molecule has 124 valence electrons. The van der Waals surface area contributed by atoms with Gasteiger partial charge in [0.2, 0.25) is 15.9 Å². The molecule has 0 heterocycles. The summed E-state index contributed by atoms with van der Waals surface area (Å²) in [5.41, 5.74) is 0.428. The number of anilines is 1. The van der Waals surface area contributed by atoms with Crippen LogP contribution >= 0.6 is 0 Å². The fourth-order valence-electron chi connectivity index (χ4n) is 2.07. The first kappa shape index (κ1) is 18.3. The molecule has 0 unspecified atom stereocenters. The average molecular weight is 328 g/mol. The molecule has 1 N–H and O–H groups in total. The van der Waals surface area contributed by atoms with Crippen LogP contribution in [0.25, 0.3) is 0 Å².